The van der Waals surface area contributed by atoms with Crippen molar-refractivity contribution in [2.24, 2.45) is 7.05 Å². The highest BCUT2D eigenvalue weighted by Crippen LogP contribution is 2.18. The van der Waals surface area contributed by atoms with Gasteiger partial charge in [0.1, 0.15) is 6.61 Å². The second-order valence-corrected chi connectivity index (χ2v) is 5.94. The second-order valence-electron chi connectivity index (χ2n) is 5.53. The van der Waals surface area contributed by atoms with Crippen LogP contribution in [0.15, 0.2) is 30.5 Å². The van der Waals surface area contributed by atoms with Crippen molar-refractivity contribution in [1.29, 1.82) is 0 Å². The third kappa shape index (κ3) is 5.47. The van der Waals surface area contributed by atoms with Crippen LogP contribution >= 0.6 is 11.6 Å². The number of carbonyl (C=O) groups is 1. The normalized spacial score (nSPS) is 11.6. The summed E-state index contributed by atoms with van der Waals surface area (Å²) < 4.78 is 42.5. The Labute approximate surface area is 147 Å². The number of aromatic nitrogens is 2. The van der Waals surface area contributed by atoms with Crippen molar-refractivity contribution in [1.82, 2.24) is 14.7 Å². The number of carbonyl (C=O) groups excluding carboxylic acids is 1. The van der Waals surface area contributed by atoms with Crippen molar-refractivity contribution in [2.45, 2.75) is 19.3 Å². The number of hydrogen-bond acceptors (Lipinski definition) is 3. The zero-order chi connectivity index (χ0) is 18.6. The summed E-state index contributed by atoms with van der Waals surface area (Å²) in [4.78, 5) is 14.0. The fourth-order valence-electron chi connectivity index (χ4n) is 2.21. The van der Waals surface area contributed by atoms with Gasteiger partial charge in [-0.2, -0.15) is 18.3 Å². The van der Waals surface area contributed by atoms with Crippen LogP contribution in [0, 0.1) is 0 Å². The van der Waals surface area contributed by atoms with Gasteiger partial charge in [0.15, 0.2) is 0 Å². The Morgan fingerprint density at radius 2 is 2.12 bits per heavy atom. The molecule has 2 aromatic rings. The number of ether oxygens (including phenoxy) is 1. The number of hydrogen-bond donors (Lipinski definition) is 0. The molecule has 0 aliphatic rings. The molecule has 0 aliphatic heterocycles. The van der Waals surface area contributed by atoms with Gasteiger partial charge < -0.3 is 9.64 Å². The molecule has 25 heavy (non-hydrogen) atoms. The molecule has 5 nitrogen and oxygen atoms in total. The first-order valence-electron chi connectivity index (χ1n) is 7.32. The molecule has 0 saturated carbocycles. The van der Waals surface area contributed by atoms with Crippen LogP contribution in [0.25, 0.3) is 0 Å². The SMILES string of the molecule is CN(Cc1c(Cl)cnn1C)C(=O)c1cccc(COCC(F)(F)F)c1. The average Bonchev–Trinajstić information content (AvgIpc) is 2.85. The molecular weight excluding hydrogens is 359 g/mol. The number of aryl methyl sites for hydroxylation is 1. The summed E-state index contributed by atoms with van der Waals surface area (Å²) in [5, 5.41) is 4.46. The molecule has 0 fully saturated rings. The quantitative estimate of drug-likeness (QED) is 0.777. The molecule has 0 aliphatic carbocycles. The van der Waals surface area contributed by atoms with Crippen LogP contribution in [0.4, 0.5) is 13.2 Å². The molecular formula is C16H17ClF3N3O2. The molecule has 0 atom stereocenters. The van der Waals surface area contributed by atoms with Crippen molar-refractivity contribution in [3.05, 3.63) is 52.3 Å². The predicted molar refractivity (Wildman–Crippen MR) is 86.2 cm³/mol. The molecule has 1 aromatic carbocycles. The number of benzene rings is 1. The Bertz CT molecular complexity index is 727. The maximum atomic E-state index is 12.5. The summed E-state index contributed by atoms with van der Waals surface area (Å²) >= 11 is 6.03. The topological polar surface area (TPSA) is 47.4 Å². The molecule has 1 aromatic heterocycles. The molecule has 2 rings (SSSR count). The zero-order valence-corrected chi connectivity index (χ0v) is 14.4. The van der Waals surface area contributed by atoms with E-state index in [4.69, 9.17) is 11.6 Å². The Kier molecular flexibility index (Phi) is 6.07. The molecule has 0 spiro atoms. The third-order valence-electron chi connectivity index (χ3n) is 3.45. The maximum Gasteiger partial charge on any atom is 0.411 e. The Balaban J connectivity index is 2.02. The first-order chi connectivity index (χ1) is 11.7. The monoisotopic (exact) mass is 375 g/mol. The lowest BCUT2D eigenvalue weighted by Crippen LogP contribution is -2.27. The summed E-state index contributed by atoms with van der Waals surface area (Å²) in [5.74, 6) is -0.282. The van der Waals surface area contributed by atoms with E-state index in [0.29, 0.717) is 21.8 Å². The van der Waals surface area contributed by atoms with Gasteiger partial charge in [-0.05, 0) is 17.7 Å². The van der Waals surface area contributed by atoms with E-state index in [2.05, 4.69) is 9.84 Å². The summed E-state index contributed by atoms with van der Waals surface area (Å²) in [5.41, 5.74) is 1.53. The van der Waals surface area contributed by atoms with Gasteiger partial charge in [0.05, 0.1) is 30.1 Å². The maximum absolute atomic E-state index is 12.5. The van der Waals surface area contributed by atoms with Crippen LogP contribution in [0.1, 0.15) is 21.6 Å². The van der Waals surface area contributed by atoms with E-state index in [1.54, 1.807) is 37.0 Å². The fraction of sp³-hybridized carbons (Fsp3) is 0.375. The second kappa shape index (κ2) is 7.88. The largest absolute Gasteiger partial charge is 0.411 e. The molecule has 1 heterocycles. The van der Waals surface area contributed by atoms with Crippen molar-refractivity contribution in [2.75, 3.05) is 13.7 Å². The Hall–Kier alpha value is -2.06. The molecule has 0 unspecified atom stereocenters. The highest BCUT2D eigenvalue weighted by Gasteiger charge is 2.27. The summed E-state index contributed by atoms with van der Waals surface area (Å²) in [6.07, 6.45) is -2.89. The van der Waals surface area contributed by atoms with Crippen LogP contribution < -0.4 is 0 Å². The minimum absolute atomic E-state index is 0.224. The van der Waals surface area contributed by atoms with Gasteiger partial charge in [0.2, 0.25) is 0 Å². The first-order valence-corrected chi connectivity index (χ1v) is 7.70. The number of nitrogens with zero attached hydrogens (tertiary/aromatic N) is 3. The summed E-state index contributed by atoms with van der Waals surface area (Å²) in [6.45, 7) is -1.30. The summed E-state index contributed by atoms with van der Waals surface area (Å²) in [6, 6.07) is 6.31. The zero-order valence-electron chi connectivity index (χ0n) is 13.7. The van der Waals surface area contributed by atoms with Crippen LogP contribution in [0.3, 0.4) is 0 Å². The standard InChI is InChI=1S/C16H17ClF3N3O2/c1-22(8-14-13(17)7-21-23(14)2)15(24)12-5-3-4-11(6-12)9-25-10-16(18,19)20/h3-7H,8-10H2,1-2H3. The molecule has 0 bridgehead atoms. The lowest BCUT2D eigenvalue weighted by atomic mass is 10.1. The van der Waals surface area contributed by atoms with E-state index in [9.17, 15) is 18.0 Å². The Morgan fingerprint density at radius 3 is 2.72 bits per heavy atom. The molecule has 0 N–H and O–H groups in total. The summed E-state index contributed by atoms with van der Waals surface area (Å²) in [7, 11) is 3.33. The minimum Gasteiger partial charge on any atom is -0.367 e. The molecule has 9 heteroatoms. The highest BCUT2D eigenvalue weighted by atomic mass is 35.5. The molecule has 136 valence electrons. The number of rotatable bonds is 6. The van der Waals surface area contributed by atoms with Crippen LogP contribution in [0.2, 0.25) is 5.02 Å². The average molecular weight is 376 g/mol. The van der Waals surface area contributed by atoms with Crippen LogP contribution in [-0.2, 0) is 24.9 Å². The van der Waals surface area contributed by atoms with Crippen LogP contribution in [-0.4, -0.2) is 40.4 Å². The van der Waals surface area contributed by atoms with Gasteiger partial charge in [0, 0.05) is 19.7 Å². The smallest absolute Gasteiger partial charge is 0.367 e. The van der Waals surface area contributed by atoms with Crippen molar-refractivity contribution < 1.29 is 22.7 Å². The van der Waals surface area contributed by atoms with Crippen molar-refractivity contribution in [3.63, 3.8) is 0 Å². The fourth-order valence-corrected chi connectivity index (χ4v) is 2.44. The van der Waals surface area contributed by atoms with Gasteiger partial charge in [-0.15, -0.1) is 0 Å². The van der Waals surface area contributed by atoms with Gasteiger partial charge in [-0.25, -0.2) is 0 Å². The molecule has 0 radical (unpaired) electrons. The molecule has 0 saturated heterocycles. The predicted octanol–water partition coefficient (Wildman–Crippen LogP) is 3.42. The lowest BCUT2D eigenvalue weighted by Gasteiger charge is -2.18. The number of amides is 1. The number of halogens is 4. The van der Waals surface area contributed by atoms with E-state index in [0.717, 1.165) is 0 Å². The van der Waals surface area contributed by atoms with Crippen molar-refractivity contribution in [3.8, 4) is 0 Å². The van der Waals surface area contributed by atoms with Gasteiger partial charge in [-0.1, -0.05) is 23.7 Å². The molecule has 1 amide bonds. The van der Waals surface area contributed by atoms with E-state index >= 15 is 0 Å². The van der Waals surface area contributed by atoms with E-state index in [1.807, 2.05) is 0 Å². The van der Waals surface area contributed by atoms with Crippen molar-refractivity contribution >= 4 is 17.5 Å². The van der Waals surface area contributed by atoms with E-state index in [-0.39, 0.29) is 19.1 Å². The minimum atomic E-state index is -4.38. The third-order valence-corrected chi connectivity index (χ3v) is 3.77. The highest BCUT2D eigenvalue weighted by molar-refractivity contribution is 6.31. The lowest BCUT2D eigenvalue weighted by molar-refractivity contribution is -0.176. The Morgan fingerprint density at radius 1 is 1.40 bits per heavy atom. The van der Waals surface area contributed by atoms with Gasteiger partial charge >= 0.3 is 6.18 Å². The van der Waals surface area contributed by atoms with E-state index < -0.39 is 12.8 Å². The first kappa shape index (κ1) is 19.3. The van der Waals surface area contributed by atoms with Crippen LogP contribution in [0.5, 0.6) is 0 Å². The number of alkyl halides is 3. The van der Waals surface area contributed by atoms with E-state index in [1.165, 1.54) is 17.2 Å². The van der Waals surface area contributed by atoms with Gasteiger partial charge in [0.25, 0.3) is 5.91 Å². The van der Waals surface area contributed by atoms with Gasteiger partial charge in [-0.3, -0.25) is 9.48 Å².